The molecule has 1 aliphatic rings. The van der Waals surface area contributed by atoms with Crippen LogP contribution in [0.5, 0.6) is 0 Å². The molecule has 2 unspecified atom stereocenters. The summed E-state index contributed by atoms with van der Waals surface area (Å²) < 4.78 is 1.13. The fourth-order valence-electron chi connectivity index (χ4n) is 1.89. The second kappa shape index (κ2) is 4.44. The first-order valence-corrected chi connectivity index (χ1v) is 6.30. The molecule has 0 aromatic heterocycles. The van der Waals surface area contributed by atoms with E-state index in [0.717, 1.165) is 11.0 Å². The lowest BCUT2D eigenvalue weighted by atomic mass is 9.97. The van der Waals surface area contributed by atoms with Crippen molar-refractivity contribution in [2.45, 2.75) is 26.3 Å². The molecule has 1 aromatic carbocycles. The van der Waals surface area contributed by atoms with Gasteiger partial charge in [-0.15, -0.1) is 0 Å². The van der Waals surface area contributed by atoms with Crippen LogP contribution in [0.1, 0.15) is 20.3 Å². The van der Waals surface area contributed by atoms with Crippen molar-refractivity contribution in [1.29, 1.82) is 0 Å². The zero-order valence-electron chi connectivity index (χ0n) is 9.18. The standard InChI is InChI=1S/C12H17BrN2/c1-3-8(2)12-7-14-10-5-4-9(13)6-11(10)15-12/h4-6,8,12,14-15H,3,7H2,1-2H3. The van der Waals surface area contributed by atoms with Crippen LogP contribution in [0.3, 0.4) is 0 Å². The van der Waals surface area contributed by atoms with Crippen LogP contribution >= 0.6 is 15.9 Å². The summed E-state index contributed by atoms with van der Waals surface area (Å²) in [6.07, 6.45) is 1.21. The maximum absolute atomic E-state index is 3.60. The van der Waals surface area contributed by atoms with Gasteiger partial charge in [0.1, 0.15) is 0 Å². The molecule has 0 spiro atoms. The Morgan fingerprint density at radius 1 is 1.47 bits per heavy atom. The molecular formula is C12H17BrN2. The second-order valence-corrected chi connectivity index (χ2v) is 5.12. The summed E-state index contributed by atoms with van der Waals surface area (Å²) in [4.78, 5) is 0. The normalized spacial score (nSPS) is 21.1. The first kappa shape index (κ1) is 10.8. The quantitative estimate of drug-likeness (QED) is 0.855. The molecule has 1 aliphatic heterocycles. The highest BCUT2D eigenvalue weighted by molar-refractivity contribution is 9.10. The summed E-state index contributed by atoms with van der Waals surface area (Å²) in [7, 11) is 0. The van der Waals surface area contributed by atoms with Gasteiger partial charge in [0.15, 0.2) is 0 Å². The number of hydrogen-bond acceptors (Lipinski definition) is 2. The molecule has 1 aromatic rings. The van der Waals surface area contributed by atoms with Crippen LogP contribution in [0.2, 0.25) is 0 Å². The molecule has 0 bridgehead atoms. The van der Waals surface area contributed by atoms with Crippen molar-refractivity contribution in [3.63, 3.8) is 0 Å². The van der Waals surface area contributed by atoms with E-state index in [4.69, 9.17) is 0 Å². The summed E-state index contributed by atoms with van der Waals surface area (Å²) in [6, 6.07) is 6.85. The summed E-state index contributed by atoms with van der Waals surface area (Å²) >= 11 is 3.50. The van der Waals surface area contributed by atoms with Crippen LogP contribution < -0.4 is 10.6 Å². The van der Waals surface area contributed by atoms with Crippen LogP contribution in [0.4, 0.5) is 11.4 Å². The molecular weight excluding hydrogens is 252 g/mol. The minimum Gasteiger partial charge on any atom is -0.381 e. The average Bonchev–Trinajstić information content (AvgIpc) is 2.27. The van der Waals surface area contributed by atoms with Gasteiger partial charge in [0.05, 0.1) is 11.4 Å². The van der Waals surface area contributed by atoms with Gasteiger partial charge in [0, 0.05) is 17.1 Å². The summed E-state index contributed by atoms with van der Waals surface area (Å²) in [6.45, 7) is 5.55. The number of halogens is 1. The van der Waals surface area contributed by atoms with Crippen molar-refractivity contribution in [2.24, 2.45) is 5.92 Å². The third kappa shape index (κ3) is 2.28. The lowest BCUT2D eigenvalue weighted by Gasteiger charge is -2.32. The Morgan fingerprint density at radius 2 is 2.27 bits per heavy atom. The number of benzene rings is 1. The van der Waals surface area contributed by atoms with E-state index in [1.54, 1.807) is 0 Å². The third-order valence-electron chi connectivity index (χ3n) is 3.17. The monoisotopic (exact) mass is 268 g/mol. The molecule has 0 radical (unpaired) electrons. The average molecular weight is 269 g/mol. The van der Waals surface area contributed by atoms with Crippen molar-refractivity contribution in [2.75, 3.05) is 17.2 Å². The molecule has 82 valence electrons. The van der Waals surface area contributed by atoms with E-state index in [9.17, 15) is 0 Å². The summed E-state index contributed by atoms with van der Waals surface area (Å²) in [5, 5.41) is 7.07. The molecule has 2 rings (SSSR count). The Bertz CT molecular complexity index is 351. The Morgan fingerprint density at radius 3 is 3.00 bits per heavy atom. The van der Waals surface area contributed by atoms with E-state index < -0.39 is 0 Å². The molecule has 0 aliphatic carbocycles. The van der Waals surface area contributed by atoms with Crippen LogP contribution in [-0.2, 0) is 0 Å². The third-order valence-corrected chi connectivity index (χ3v) is 3.66. The van der Waals surface area contributed by atoms with Gasteiger partial charge in [-0.3, -0.25) is 0 Å². The maximum Gasteiger partial charge on any atom is 0.0590 e. The van der Waals surface area contributed by atoms with Gasteiger partial charge in [0.2, 0.25) is 0 Å². The first-order valence-electron chi connectivity index (χ1n) is 5.50. The highest BCUT2D eigenvalue weighted by atomic mass is 79.9. The molecule has 0 saturated heterocycles. The number of rotatable bonds is 2. The minimum absolute atomic E-state index is 0.539. The maximum atomic E-state index is 3.60. The SMILES string of the molecule is CCC(C)C1CNc2ccc(Br)cc2N1. The van der Waals surface area contributed by atoms with Crippen molar-refractivity contribution in [3.05, 3.63) is 22.7 Å². The van der Waals surface area contributed by atoms with Crippen molar-refractivity contribution >= 4 is 27.3 Å². The number of anilines is 2. The van der Waals surface area contributed by atoms with Crippen LogP contribution in [0.15, 0.2) is 22.7 Å². The summed E-state index contributed by atoms with van der Waals surface area (Å²) in [5.74, 6) is 0.699. The molecule has 0 saturated carbocycles. The summed E-state index contributed by atoms with van der Waals surface area (Å²) in [5.41, 5.74) is 2.42. The second-order valence-electron chi connectivity index (χ2n) is 4.21. The van der Waals surface area contributed by atoms with Gasteiger partial charge in [-0.1, -0.05) is 36.2 Å². The minimum atomic E-state index is 0.539. The van der Waals surface area contributed by atoms with E-state index >= 15 is 0 Å². The van der Waals surface area contributed by atoms with Gasteiger partial charge in [0.25, 0.3) is 0 Å². The van der Waals surface area contributed by atoms with E-state index in [-0.39, 0.29) is 0 Å². The van der Waals surface area contributed by atoms with Gasteiger partial charge >= 0.3 is 0 Å². The van der Waals surface area contributed by atoms with E-state index in [1.165, 1.54) is 17.8 Å². The smallest absolute Gasteiger partial charge is 0.0590 e. The lowest BCUT2D eigenvalue weighted by Crippen LogP contribution is -2.37. The first-order chi connectivity index (χ1) is 7.20. The number of fused-ring (bicyclic) bond motifs is 1. The largest absolute Gasteiger partial charge is 0.381 e. The van der Waals surface area contributed by atoms with Gasteiger partial charge < -0.3 is 10.6 Å². The Hall–Kier alpha value is -0.700. The van der Waals surface area contributed by atoms with Crippen molar-refractivity contribution < 1.29 is 0 Å². The van der Waals surface area contributed by atoms with Crippen LogP contribution in [0.25, 0.3) is 0 Å². The van der Waals surface area contributed by atoms with Gasteiger partial charge in [-0.25, -0.2) is 0 Å². The molecule has 2 N–H and O–H groups in total. The Labute approximate surface area is 99.6 Å². The molecule has 2 atom stereocenters. The highest BCUT2D eigenvalue weighted by Crippen LogP contribution is 2.31. The predicted molar refractivity (Wildman–Crippen MR) is 69.5 cm³/mol. The number of nitrogens with one attached hydrogen (secondary N) is 2. The van der Waals surface area contributed by atoms with Gasteiger partial charge in [-0.05, 0) is 24.1 Å². The molecule has 3 heteroatoms. The molecule has 1 heterocycles. The molecule has 15 heavy (non-hydrogen) atoms. The van der Waals surface area contributed by atoms with Gasteiger partial charge in [-0.2, -0.15) is 0 Å². The molecule has 0 amide bonds. The Kier molecular flexibility index (Phi) is 3.19. The zero-order valence-corrected chi connectivity index (χ0v) is 10.8. The van der Waals surface area contributed by atoms with Crippen molar-refractivity contribution in [3.8, 4) is 0 Å². The van der Waals surface area contributed by atoms with E-state index in [1.807, 2.05) is 0 Å². The lowest BCUT2D eigenvalue weighted by molar-refractivity contribution is 0.478. The van der Waals surface area contributed by atoms with Crippen LogP contribution in [-0.4, -0.2) is 12.6 Å². The van der Waals surface area contributed by atoms with E-state index in [0.29, 0.717) is 12.0 Å². The zero-order chi connectivity index (χ0) is 10.8. The molecule has 0 fully saturated rings. The Balaban J connectivity index is 2.18. The predicted octanol–water partition coefficient (Wildman–Crippen LogP) is 3.70. The number of hydrogen-bond donors (Lipinski definition) is 2. The topological polar surface area (TPSA) is 24.1 Å². The molecule has 2 nitrogen and oxygen atoms in total. The fourth-order valence-corrected chi connectivity index (χ4v) is 2.25. The van der Waals surface area contributed by atoms with E-state index in [2.05, 4.69) is 58.6 Å². The van der Waals surface area contributed by atoms with Crippen LogP contribution in [0, 0.1) is 5.92 Å². The fraction of sp³-hybridized carbons (Fsp3) is 0.500. The van der Waals surface area contributed by atoms with Crippen molar-refractivity contribution in [1.82, 2.24) is 0 Å². The highest BCUT2D eigenvalue weighted by Gasteiger charge is 2.21.